The molecule has 0 aromatic rings. The summed E-state index contributed by atoms with van der Waals surface area (Å²) in [6.07, 6.45) is 6.41. The predicted octanol–water partition coefficient (Wildman–Crippen LogP) is 2.17. The van der Waals surface area contributed by atoms with Crippen LogP contribution in [0.3, 0.4) is 0 Å². The van der Waals surface area contributed by atoms with Crippen LogP contribution in [0.1, 0.15) is 52.9 Å². The van der Waals surface area contributed by atoms with Gasteiger partial charge in [-0.25, -0.2) is 0 Å². The van der Waals surface area contributed by atoms with E-state index in [9.17, 15) is 4.79 Å². The molecule has 1 aliphatic rings. The molecule has 1 aliphatic heterocycles. The van der Waals surface area contributed by atoms with Crippen LogP contribution in [0.5, 0.6) is 0 Å². The standard InChI is InChI=1S/C13H26N2O/c1-4-5-6-7-8-13(2,3)15-10-9-14-12(16)11-15/h4-11H2,1-3H3,(H,14,16). The van der Waals surface area contributed by atoms with E-state index >= 15 is 0 Å². The monoisotopic (exact) mass is 226 g/mol. The third kappa shape index (κ3) is 4.12. The van der Waals surface area contributed by atoms with Crippen LogP contribution in [0.4, 0.5) is 0 Å². The Hall–Kier alpha value is -0.570. The molecule has 1 saturated heterocycles. The lowest BCUT2D eigenvalue weighted by Gasteiger charge is -2.40. The van der Waals surface area contributed by atoms with E-state index in [0.29, 0.717) is 6.54 Å². The average molecular weight is 226 g/mol. The smallest absolute Gasteiger partial charge is 0.234 e. The normalized spacial score (nSPS) is 18.6. The number of unbranched alkanes of at least 4 members (excludes halogenated alkanes) is 3. The first kappa shape index (κ1) is 13.5. The largest absolute Gasteiger partial charge is 0.354 e. The van der Waals surface area contributed by atoms with Crippen LogP contribution >= 0.6 is 0 Å². The Morgan fingerprint density at radius 1 is 1.31 bits per heavy atom. The van der Waals surface area contributed by atoms with Crippen LogP contribution < -0.4 is 5.32 Å². The molecule has 0 saturated carbocycles. The Bertz CT molecular complexity index is 226. The molecule has 3 nitrogen and oxygen atoms in total. The van der Waals surface area contributed by atoms with Gasteiger partial charge in [-0.1, -0.05) is 32.6 Å². The summed E-state index contributed by atoms with van der Waals surface area (Å²) in [7, 11) is 0. The van der Waals surface area contributed by atoms with E-state index < -0.39 is 0 Å². The van der Waals surface area contributed by atoms with E-state index in [1.54, 1.807) is 0 Å². The van der Waals surface area contributed by atoms with E-state index in [0.717, 1.165) is 13.1 Å². The number of piperazine rings is 1. The van der Waals surface area contributed by atoms with Gasteiger partial charge in [-0.15, -0.1) is 0 Å². The van der Waals surface area contributed by atoms with Crippen LogP contribution in [0, 0.1) is 0 Å². The van der Waals surface area contributed by atoms with Gasteiger partial charge in [-0.2, -0.15) is 0 Å². The van der Waals surface area contributed by atoms with Gasteiger partial charge in [0.1, 0.15) is 0 Å². The van der Waals surface area contributed by atoms with Gasteiger partial charge >= 0.3 is 0 Å². The summed E-state index contributed by atoms with van der Waals surface area (Å²) in [5.74, 6) is 0.174. The van der Waals surface area contributed by atoms with Crippen molar-refractivity contribution in [2.75, 3.05) is 19.6 Å². The Labute approximate surface area is 99.6 Å². The number of nitrogens with zero attached hydrogens (tertiary/aromatic N) is 1. The van der Waals surface area contributed by atoms with Crippen molar-refractivity contribution in [3.63, 3.8) is 0 Å². The third-order valence-electron chi connectivity index (χ3n) is 3.54. The highest BCUT2D eigenvalue weighted by molar-refractivity contribution is 5.78. The molecule has 1 amide bonds. The highest BCUT2D eigenvalue weighted by atomic mass is 16.2. The van der Waals surface area contributed by atoms with Gasteiger partial charge in [0.25, 0.3) is 0 Å². The molecular weight excluding hydrogens is 200 g/mol. The second-order valence-corrected chi connectivity index (χ2v) is 5.39. The van der Waals surface area contributed by atoms with E-state index in [2.05, 4.69) is 31.0 Å². The second-order valence-electron chi connectivity index (χ2n) is 5.39. The molecule has 0 radical (unpaired) electrons. The molecule has 1 heterocycles. The maximum atomic E-state index is 11.3. The van der Waals surface area contributed by atoms with Gasteiger partial charge in [0, 0.05) is 18.6 Å². The van der Waals surface area contributed by atoms with Gasteiger partial charge < -0.3 is 5.32 Å². The maximum Gasteiger partial charge on any atom is 0.234 e. The minimum Gasteiger partial charge on any atom is -0.354 e. The van der Waals surface area contributed by atoms with Crippen molar-refractivity contribution in [2.45, 2.75) is 58.4 Å². The molecule has 1 rings (SSSR count). The summed E-state index contributed by atoms with van der Waals surface area (Å²) in [4.78, 5) is 13.7. The van der Waals surface area contributed by atoms with Crippen molar-refractivity contribution < 1.29 is 4.79 Å². The van der Waals surface area contributed by atoms with Crippen molar-refractivity contribution in [3.05, 3.63) is 0 Å². The van der Waals surface area contributed by atoms with Crippen LogP contribution in [0.2, 0.25) is 0 Å². The van der Waals surface area contributed by atoms with Gasteiger partial charge in [-0.3, -0.25) is 9.69 Å². The molecular formula is C13H26N2O. The molecule has 0 spiro atoms. The van der Waals surface area contributed by atoms with Crippen molar-refractivity contribution in [1.29, 1.82) is 0 Å². The number of carbonyl (C=O) groups is 1. The number of amides is 1. The molecule has 3 heteroatoms. The summed E-state index contributed by atoms with van der Waals surface area (Å²) in [5.41, 5.74) is 0.172. The van der Waals surface area contributed by atoms with E-state index in [1.807, 2.05) is 0 Å². The summed E-state index contributed by atoms with van der Waals surface area (Å²) in [6.45, 7) is 9.12. The van der Waals surface area contributed by atoms with E-state index in [4.69, 9.17) is 0 Å². The Balaban J connectivity index is 2.33. The fraction of sp³-hybridized carbons (Fsp3) is 0.923. The van der Waals surface area contributed by atoms with Gasteiger partial charge in [-0.05, 0) is 20.3 Å². The first-order chi connectivity index (χ1) is 7.56. The van der Waals surface area contributed by atoms with Gasteiger partial charge in [0.15, 0.2) is 0 Å². The Morgan fingerprint density at radius 3 is 2.69 bits per heavy atom. The zero-order valence-electron chi connectivity index (χ0n) is 11.0. The molecule has 1 N–H and O–H groups in total. The average Bonchev–Trinajstić information content (AvgIpc) is 2.24. The predicted molar refractivity (Wildman–Crippen MR) is 67.4 cm³/mol. The molecule has 0 aromatic carbocycles. The second kappa shape index (κ2) is 6.24. The van der Waals surface area contributed by atoms with Gasteiger partial charge in [0.05, 0.1) is 6.54 Å². The molecule has 0 aliphatic carbocycles. The summed E-state index contributed by atoms with van der Waals surface area (Å²) < 4.78 is 0. The fourth-order valence-electron chi connectivity index (χ4n) is 2.30. The molecule has 0 aromatic heterocycles. The van der Waals surface area contributed by atoms with Crippen LogP contribution in [-0.4, -0.2) is 36.0 Å². The number of hydrogen-bond donors (Lipinski definition) is 1. The lowest BCUT2D eigenvalue weighted by Crippen LogP contribution is -2.55. The molecule has 0 bridgehead atoms. The van der Waals surface area contributed by atoms with Crippen molar-refractivity contribution in [1.82, 2.24) is 10.2 Å². The van der Waals surface area contributed by atoms with Crippen molar-refractivity contribution >= 4 is 5.91 Å². The number of rotatable bonds is 6. The molecule has 0 unspecified atom stereocenters. The van der Waals surface area contributed by atoms with E-state index in [-0.39, 0.29) is 11.4 Å². The summed E-state index contributed by atoms with van der Waals surface area (Å²) >= 11 is 0. The first-order valence-corrected chi connectivity index (χ1v) is 6.58. The number of hydrogen-bond acceptors (Lipinski definition) is 2. The van der Waals surface area contributed by atoms with E-state index in [1.165, 1.54) is 32.1 Å². The highest BCUT2D eigenvalue weighted by Crippen LogP contribution is 2.22. The highest BCUT2D eigenvalue weighted by Gasteiger charge is 2.29. The topological polar surface area (TPSA) is 32.3 Å². The van der Waals surface area contributed by atoms with Crippen LogP contribution in [0.25, 0.3) is 0 Å². The SMILES string of the molecule is CCCCCCC(C)(C)N1CCNC(=O)C1. The van der Waals surface area contributed by atoms with Gasteiger partial charge in [0.2, 0.25) is 5.91 Å². The maximum absolute atomic E-state index is 11.3. The van der Waals surface area contributed by atoms with Crippen molar-refractivity contribution in [3.8, 4) is 0 Å². The minimum atomic E-state index is 0.172. The summed E-state index contributed by atoms with van der Waals surface area (Å²) in [6, 6.07) is 0. The van der Waals surface area contributed by atoms with Crippen LogP contribution in [-0.2, 0) is 4.79 Å². The zero-order valence-corrected chi connectivity index (χ0v) is 11.0. The van der Waals surface area contributed by atoms with Crippen LogP contribution in [0.15, 0.2) is 0 Å². The Morgan fingerprint density at radius 2 is 2.06 bits per heavy atom. The fourth-order valence-corrected chi connectivity index (χ4v) is 2.30. The lowest BCUT2D eigenvalue weighted by molar-refractivity contribution is -0.126. The molecule has 0 atom stereocenters. The zero-order chi connectivity index (χ0) is 12.0. The lowest BCUT2D eigenvalue weighted by atomic mass is 9.93. The number of nitrogens with one attached hydrogen (secondary N) is 1. The third-order valence-corrected chi connectivity index (χ3v) is 3.54. The minimum absolute atomic E-state index is 0.172. The molecule has 94 valence electrons. The number of carbonyl (C=O) groups excluding carboxylic acids is 1. The first-order valence-electron chi connectivity index (χ1n) is 6.58. The summed E-state index contributed by atoms with van der Waals surface area (Å²) in [5, 5.41) is 2.88. The van der Waals surface area contributed by atoms with Crippen molar-refractivity contribution in [2.24, 2.45) is 0 Å². The quantitative estimate of drug-likeness (QED) is 0.704. The molecule has 16 heavy (non-hydrogen) atoms. The molecule has 1 fully saturated rings. The Kier molecular flexibility index (Phi) is 5.26.